The van der Waals surface area contributed by atoms with Crippen molar-refractivity contribution < 1.29 is 24.2 Å². The number of benzene rings is 2. The summed E-state index contributed by atoms with van der Waals surface area (Å²) in [5.74, 6) is -2.47. The van der Waals surface area contributed by atoms with Crippen LogP contribution in [-0.4, -0.2) is 76.1 Å². The number of amides is 3. The van der Waals surface area contributed by atoms with Crippen LogP contribution in [0.15, 0.2) is 78.9 Å². The Morgan fingerprint density at radius 3 is 2.38 bits per heavy atom. The maximum absolute atomic E-state index is 14.3. The maximum atomic E-state index is 14.3. The standard InChI is InChI=1S/C31H32ClN3O5/c1-30-14-5-16-33(20-21-8-3-2-4-9-21)27(37)24(30)25-28(38)35(18-7-19-36)26-29(39)34(17-6-15-31(25,26)40-30)23-12-10-22(32)11-13-23/h2-6,8-15,24-26,36H,7,16-20H2,1H3/t24-,25-,26?,30+,31-/m0/s1. The number of anilines is 1. The van der Waals surface area contributed by atoms with E-state index in [1.54, 1.807) is 34.1 Å². The molecule has 4 aliphatic heterocycles. The minimum absolute atomic E-state index is 0.131. The molecule has 9 heteroatoms. The molecular formula is C31H32ClN3O5. The molecule has 2 aromatic carbocycles. The quantitative estimate of drug-likeness (QED) is 0.547. The fourth-order valence-corrected chi connectivity index (χ4v) is 6.98. The van der Waals surface area contributed by atoms with Crippen LogP contribution in [0.4, 0.5) is 5.69 Å². The number of aliphatic hydroxyl groups is 1. The molecule has 2 fully saturated rings. The number of halogens is 1. The Bertz CT molecular complexity index is 1380. The third kappa shape index (κ3) is 4.17. The zero-order valence-corrected chi connectivity index (χ0v) is 23.0. The Labute approximate surface area is 238 Å². The second-order valence-corrected chi connectivity index (χ2v) is 11.5. The summed E-state index contributed by atoms with van der Waals surface area (Å²) in [6, 6.07) is 15.7. The van der Waals surface area contributed by atoms with Crippen molar-refractivity contribution in [3.63, 3.8) is 0 Å². The predicted octanol–water partition coefficient (Wildman–Crippen LogP) is 3.19. The second kappa shape index (κ2) is 10.2. The van der Waals surface area contributed by atoms with E-state index in [-0.39, 0.29) is 37.4 Å². The molecule has 0 aliphatic carbocycles. The molecule has 0 aromatic heterocycles. The number of nitrogens with zero attached hydrogens (tertiary/aromatic N) is 3. The van der Waals surface area contributed by atoms with Gasteiger partial charge in [-0.25, -0.2) is 0 Å². The highest BCUT2D eigenvalue weighted by molar-refractivity contribution is 6.30. The summed E-state index contributed by atoms with van der Waals surface area (Å²) in [5, 5.41) is 10.2. The first-order valence-electron chi connectivity index (χ1n) is 13.7. The van der Waals surface area contributed by atoms with Gasteiger partial charge in [-0.15, -0.1) is 0 Å². The van der Waals surface area contributed by atoms with E-state index in [2.05, 4.69) is 0 Å². The number of carbonyl (C=O) groups excluding carboxylic acids is 3. The van der Waals surface area contributed by atoms with E-state index in [0.717, 1.165) is 5.56 Å². The van der Waals surface area contributed by atoms with Crippen LogP contribution in [0.3, 0.4) is 0 Å². The third-order valence-electron chi connectivity index (χ3n) is 8.55. The summed E-state index contributed by atoms with van der Waals surface area (Å²) < 4.78 is 6.84. The van der Waals surface area contributed by atoms with Crippen LogP contribution in [0.5, 0.6) is 0 Å². The predicted molar refractivity (Wildman–Crippen MR) is 150 cm³/mol. The molecule has 3 amide bonds. The number of hydrogen-bond acceptors (Lipinski definition) is 5. The van der Waals surface area contributed by atoms with Crippen molar-refractivity contribution in [2.45, 2.75) is 37.1 Å². The fourth-order valence-electron chi connectivity index (χ4n) is 6.85. The summed E-state index contributed by atoms with van der Waals surface area (Å²) in [7, 11) is 0. The molecule has 1 unspecified atom stereocenters. The molecule has 0 saturated carbocycles. The third-order valence-corrected chi connectivity index (χ3v) is 8.80. The van der Waals surface area contributed by atoms with E-state index in [4.69, 9.17) is 16.3 Å². The average Bonchev–Trinajstić information content (AvgIpc) is 3.21. The van der Waals surface area contributed by atoms with Crippen molar-refractivity contribution in [2.75, 3.05) is 31.1 Å². The molecule has 0 radical (unpaired) electrons. The molecule has 8 nitrogen and oxygen atoms in total. The number of fused-ring (bicyclic) bond motifs is 2. The molecule has 1 N–H and O–H groups in total. The minimum atomic E-state index is -1.33. The van der Waals surface area contributed by atoms with Gasteiger partial charge in [-0.3, -0.25) is 14.4 Å². The van der Waals surface area contributed by atoms with Crippen molar-refractivity contribution in [2.24, 2.45) is 11.8 Å². The highest BCUT2D eigenvalue weighted by atomic mass is 35.5. The molecule has 1 spiro atoms. The van der Waals surface area contributed by atoms with E-state index >= 15 is 0 Å². The van der Waals surface area contributed by atoms with E-state index in [0.29, 0.717) is 30.2 Å². The van der Waals surface area contributed by atoms with Gasteiger partial charge in [0, 0.05) is 43.5 Å². The first-order chi connectivity index (χ1) is 19.3. The molecule has 208 valence electrons. The number of hydrogen-bond donors (Lipinski definition) is 1. The van der Waals surface area contributed by atoms with Crippen molar-refractivity contribution >= 4 is 35.0 Å². The number of carbonyl (C=O) groups is 3. The largest absolute Gasteiger partial charge is 0.396 e. The van der Waals surface area contributed by atoms with Crippen LogP contribution in [0, 0.1) is 11.8 Å². The fraction of sp³-hybridized carbons (Fsp3) is 0.387. The van der Waals surface area contributed by atoms with Gasteiger partial charge in [0.25, 0.3) is 5.91 Å². The Morgan fingerprint density at radius 1 is 0.925 bits per heavy atom. The Morgan fingerprint density at radius 2 is 1.65 bits per heavy atom. The lowest BCUT2D eigenvalue weighted by Gasteiger charge is -2.37. The number of likely N-dealkylation sites (tertiary alicyclic amines) is 1. The molecule has 0 bridgehead atoms. The number of aliphatic hydroxyl groups excluding tert-OH is 1. The van der Waals surface area contributed by atoms with Crippen LogP contribution in [-0.2, 0) is 25.7 Å². The molecule has 5 atom stereocenters. The summed E-state index contributed by atoms with van der Waals surface area (Å²) >= 11 is 6.10. The highest BCUT2D eigenvalue weighted by Gasteiger charge is 2.74. The van der Waals surface area contributed by atoms with E-state index in [1.165, 1.54) is 4.90 Å². The van der Waals surface area contributed by atoms with Gasteiger partial charge in [0.2, 0.25) is 11.8 Å². The van der Waals surface area contributed by atoms with Crippen LogP contribution >= 0.6 is 11.6 Å². The topological polar surface area (TPSA) is 90.4 Å². The monoisotopic (exact) mass is 561 g/mol. The average molecular weight is 562 g/mol. The molecule has 4 heterocycles. The second-order valence-electron chi connectivity index (χ2n) is 11.0. The van der Waals surface area contributed by atoms with Gasteiger partial charge in [0.1, 0.15) is 11.6 Å². The first-order valence-corrected chi connectivity index (χ1v) is 14.0. The van der Waals surface area contributed by atoms with Crippen molar-refractivity contribution in [3.05, 3.63) is 89.5 Å². The lowest BCUT2D eigenvalue weighted by Crippen LogP contribution is -2.56. The normalized spacial score (nSPS) is 31.2. The van der Waals surface area contributed by atoms with Gasteiger partial charge in [0.15, 0.2) is 0 Å². The van der Waals surface area contributed by atoms with E-state index in [9.17, 15) is 19.5 Å². The van der Waals surface area contributed by atoms with Crippen molar-refractivity contribution in [3.8, 4) is 0 Å². The van der Waals surface area contributed by atoms with Crippen LogP contribution < -0.4 is 4.90 Å². The number of rotatable bonds is 6. The van der Waals surface area contributed by atoms with E-state index < -0.39 is 29.1 Å². The molecular weight excluding hydrogens is 530 g/mol. The lowest BCUT2D eigenvalue weighted by molar-refractivity contribution is -0.149. The van der Waals surface area contributed by atoms with Crippen LogP contribution in [0.25, 0.3) is 0 Å². The summed E-state index contributed by atoms with van der Waals surface area (Å²) in [5.41, 5.74) is -0.771. The molecule has 2 saturated heterocycles. The molecule has 2 aromatic rings. The summed E-state index contributed by atoms with van der Waals surface area (Å²) in [6.45, 7) is 2.97. The van der Waals surface area contributed by atoms with Gasteiger partial charge in [-0.1, -0.05) is 66.2 Å². The minimum Gasteiger partial charge on any atom is -0.396 e. The Balaban J connectivity index is 1.42. The van der Waals surface area contributed by atoms with Crippen LogP contribution in [0.2, 0.25) is 5.02 Å². The van der Waals surface area contributed by atoms with Gasteiger partial charge in [0.05, 0.1) is 17.4 Å². The molecule has 40 heavy (non-hydrogen) atoms. The summed E-state index contributed by atoms with van der Waals surface area (Å²) in [4.78, 5) is 47.8. The van der Waals surface area contributed by atoms with Crippen LogP contribution in [0.1, 0.15) is 18.9 Å². The smallest absolute Gasteiger partial charge is 0.253 e. The van der Waals surface area contributed by atoms with Gasteiger partial charge >= 0.3 is 0 Å². The van der Waals surface area contributed by atoms with Crippen molar-refractivity contribution in [1.82, 2.24) is 9.80 Å². The highest BCUT2D eigenvalue weighted by Crippen LogP contribution is 2.57. The Hall–Kier alpha value is -3.46. The van der Waals surface area contributed by atoms with Crippen molar-refractivity contribution in [1.29, 1.82) is 0 Å². The zero-order valence-electron chi connectivity index (χ0n) is 22.3. The number of ether oxygens (including phenoxy) is 1. The van der Waals surface area contributed by atoms with Gasteiger partial charge in [-0.05, 0) is 43.2 Å². The van der Waals surface area contributed by atoms with Gasteiger partial charge < -0.3 is 24.5 Å². The molecule has 4 aliphatic rings. The lowest BCUT2D eigenvalue weighted by atomic mass is 9.74. The first kappa shape index (κ1) is 26.7. The maximum Gasteiger partial charge on any atom is 0.253 e. The Kier molecular flexibility index (Phi) is 6.81. The van der Waals surface area contributed by atoms with E-state index in [1.807, 2.05) is 61.6 Å². The molecule has 6 rings (SSSR count). The zero-order chi connectivity index (χ0) is 28.1. The SMILES string of the molecule is C[C@@]12C=CCN(Cc3ccccc3)C(=O)[C@@H]1[C@H]1C(=O)N(CCCO)C3C(=O)N(c4ccc(Cl)cc4)CC=C[C@@]31O2. The summed E-state index contributed by atoms with van der Waals surface area (Å²) in [6.07, 6.45) is 7.79. The van der Waals surface area contributed by atoms with Gasteiger partial charge in [-0.2, -0.15) is 0 Å².